The number of rotatable bonds is 2. The Bertz CT molecular complexity index is 612. The van der Waals surface area contributed by atoms with Gasteiger partial charge in [-0.05, 0) is 55.7 Å². The summed E-state index contributed by atoms with van der Waals surface area (Å²) in [6.07, 6.45) is 0. The van der Waals surface area contributed by atoms with E-state index in [1.54, 1.807) is 6.07 Å². The van der Waals surface area contributed by atoms with E-state index >= 15 is 0 Å². The van der Waals surface area contributed by atoms with Gasteiger partial charge in [0, 0.05) is 11.4 Å². The molecular formula is C16H18N2O. The molecular weight excluding hydrogens is 236 g/mol. The second kappa shape index (κ2) is 5.14. The fourth-order valence-corrected chi connectivity index (χ4v) is 2.12. The van der Waals surface area contributed by atoms with Crippen LogP contribution in [0.25, 0.3) is 0 Å². The molecule has 2 aromatic carbocycles. The Kier molecular flexibility index (Phi) is 3.56. The molecule has 2 rings (SSSR count). The number of carbonyl (C=O) groups excluding carboxylic acids is 1. The van der Waals surface area contributed by atoms with Gasteiger partial charge in [-0.15, -0.1) is 0 Å². The molecule has 0 atom stereocenters. The fourth-order valence-electron chi connectivity index (χ4n) is 2.12. The number of hydrogen-bond acceptors (Lipinski definition) is 2. The molecule has 0 spiro atoms. The topological polar surface area (TPSA) is 55.1 Å². The van der Waals surface area contributed by atoms with Gasteiger partial charge in [0.15, 0.2) is 0 Å². The molecule has 0 aromatic heterocycles. The zero-order chi connectivity index (χ0) is 14.0. The maximum absolute atomic E-state index is 12.2. The van der Waals surface area contributed by atoms with E-state index < -0.39 is 0 Å². The van der Waals surface area contributed by atoms with E-state index in [0.29, 0.717) is 11.3 Å². The molecule has 2 aromatic rings. The van der Waals surface area contributed by atoms with Crippen LogP contribution in [0.4, 0.5) is 11.4 Å². The summed E-state index contributed by atoms with van der Waals surface area (Å²) in [5.41, 5.74) is 10.9. The molecule has 3 nitrogen and oxygen atoms in total. The van der Waals surface area contributed by atoms with E-state index in [2.05, 4.69) is 11.4 Å². The van der Waals surface area contributed by atoms with Crippen LogP contribution in [0, 0.1) is 20.8 Å². The molecule has 0 saturated heterocycles. The number of aryl methyl sites for hydroxylation is 3. The lowest BCUT2D eigenvalue weighted by Gasteiger charge is -2.10. The molecule has 0 bridgehead atoms. The predicted octanol–water partition coefficient (Wildman–Crippen LogP) is 3.45. The number of hydrogen-bond donors (Lipinski definition) is 2. The highest BCUT2D eigenvalue weighted by atomic mass is 16.1. The van der Waals surface area contributed by atoms with Gasteiger partial charge in [-0.1, -0.05) is 18.2 Å². The van der Waals surface area contributed by atoms with Crippen molar-refractivity contribution in [2.24, 2.45) is 0 Å². The minimum atomic E-state index is -0.175. The normalized spacial score (nSPS) is 10.3. The number of nitrogens with two attached hydrogens (primary N) is 1. The van der Waals surface area contributed by atoms with E-state index in [0.717, 1.165) is 22.4 Å². The third-order valence-electron chi connectivity index (χ3n) is 3.05. The summed E-state index contributed by atoms with van der Waals surface area (Å²) in [5.74, 6) is -0.175. The molecule has 0 fully saturated rings. The van der Waals surface area contributed by atoms with Crippen LogP contribution in [0.1, 0.15) is 27.0 Å². The molecule has 0 aliphatic heterocycles. The molecule has 0 aliphatic carbocycles. The van der Waals surface area contributed by atoms with Crippen molar-refractivity contribution in [2.75, 3.05) is 11.1 Å². The van der Waals surface area contributed by atoms with Crippen molar-refractivity contribution in [1.82, 2.24) is 0 Å². The van der Waals surface area contributed by atoms with Gasteiger partial charge in [-0.3, -0.25) is 4.79 Å². The summed E-state index contributed by atoms with van der Waals surface area (Å²) in [6.45, 7) is 5.90. The second-order valence-corrected chi connectivity index (χ2v) is 4.87. The summed E-state index contributed by atoms with van der Waals surface area (Å²) in [4.78, 5) is 12.2. The minimum Gasteiger partial charge on any atom is -0.398 e. The molecule has 0 aliphatic rings. The van der Waals surface area contributed by atoms with E-state index in [9.17, 15) is 4.79 Å². The lowest BCUT2D eigenvalue weighted by Crippen LogP contribution is -2.14. The third-order valence-corrected chi connectivity index (χ3v) is 3.05. The molecule has 19 heavy (non-hydrogen) atoms. The molecule has 0 unspecified atom stereocenters. The van der Waals surface area contributed by atoms with Crippen molar-refractivity contribution >= 4 is 17.3 Å². The van der Waals surface area contributed by atoms with Crippen LogP contribution < -0.4 is 11.1 Å². The average molecular weight is 254 g/mol. The van der Waals surface area contributed by atoms with E-state index in [4.69, 9.17) is 5.73 Å². The summed E-state index contributed by atoms with van der Waals surface area (Å²) in [7, 11) is 0. The maximum Gasteiger partial charge on any atom is 0.257 e. The molecule has 3 heteroatoms. The molecule has 0 radical (unpaired) electrons. The average Bonchev–Trinajstić information content (AvgIpc) is 2.31. The van der Waals surface area contributed by atoms with Gasteiger partial charge in [0.1, 0.15) is 0 Å². The van der Waals surface area contributed by atoms with Gasteiger partial charge in [0.05, 0.1) is 5.56 Å². The van der Waals surface area contributed by atoms with E-state index in [1.807, 2.05) is 45.0 Å². The van der Waals surface area contributed by atoms with Gasteiger partial charge in [-0.25, -0.2) is 0 Å². The first-order valence-corrected chi connectivity index (χ1v) is 6.22. The Morgan fingerprint density at radius 2 is 1.68 bits per heavy atom. The number of benzene rings is 2. The van der Waals surface area contributed by atoms with Crippen LogP contribution in [-0.4, -0.2) is 5.91 Å². The largest absolute Gasteiger partial charge is 0.398 e. The highest BCUT2D eigenvalue weighted by Gasteiger charge is 2.11. The number of nitrogen functional groups attached to an aromatic ring is 1. The zero-order valence-electron chi connectivity index (χ0n) is 11.4. The van der Waals surface area contributed by atoms with Crippen molar-refractivity contribution in [3.63, 3.8) is 0 Å². The lowest BCUT2D eigenvalue weighted by atomic mass is 10.1. The number of amides is 1. The Morgan fingerprint density at radius 1 is 1.05 bits per heavy atom. The van der Waals surface area contributed by atoms with Crippen LogP contribution in [-0.2, 0) is 0 Å². The van der Waals surface area contributed by atoms with Crippen molar-refractivity contribution in [1.29, 1.82) is 0 Å². The van der Waals surface area contributed by atoms with Gasteiger partial charge in [0.25, 0.3) is 5.91 Å². The number of nitrogens with one attached hydrogen (secondary N) is 1. The summed E-state index contributed by atoms with van der Waals surface area (Å²) in [5, 5.41) is 2.89. The summed E-state index contributed by atoms with van der Waals surface area (Å²) >= 11 is 0. The Labute approximate surface area is 113 Å². The molecule has 0 saturated carbocycles. The monoisotopic (exact) mass is 254 g/mol. The van der Waals surface area contributed by atoms with E-state index in [-0.39, 0.29) is 5.91 Å². The van der Waals surface area contributed by atoms with Crippen LogP contribution in [0.2, 0.25) is 0 Å². The zero-order valence-corrected chi connectivity index (χ0v) is 11.4. The molecule has 3 N–H and O–H groups in total. The van der Waals surface area contributed by atoms with Gasteiger partial charge in [0.2, 0.25) is 0 Å². The van der Waals surface area contributed by atoms with Crippen molar-refractivity contribution < 1.29 is 4.79 Å². The molecule has 98 valence electrons. The highest BCUT2D eigenvalue weighted by Crippen LogP contribution is 2.19. The third kappa shape index (κ3) is 2.94. The number of anilines is 2. The SMILES string of the molecule is Cc1cc(C)cc(NC(=O)c2cccc(C)c2N)c1. The Hall–Kier alpha value is -2.29. The smallest absolute Gasteiger partial charge is 0.257 e. The van der Waals surface area contributed by atoms with E-state index in [1.165, 1.54) is 0 Å². The van der Waals surface area contributed by atoms with Gasteiger partial charge in [-0.2, -0.15) is 0 Å². The second-order valence-electron chi connectivity index (χ2n) is 4.87. The summed E-state index contributed by atoms with van der Waals surface area (Å²) in [6, 6.07) is 11.4. The first kappa shape index (κ1) is 13.1. The minimum absolute atomic E-state index is 0.175. The predicted molar refractivity (Wildman–Crippen MR) is 79.5 cm³/mol. The van der Waals surface area contributed by atoms with Crippen LogP contribution in [0.5, 0.6) is 0 Å². The van der Waals surface area contributed by atoms with Crippen molar-refractivity contribution in [3.8, 4) is 0 Å². The Morgan fingerprint density at radius 3 is 2.32 bits per heavy atom. The Balaban J connectivity index is 2.28. The number of carbonyl (C=O) groups is 1. The van der Waals surface area contributed by atoms with Crippen LogP contribution in [0.3, 0.4) is 0 Å². The van der Waals surface area contributed by atoms with Crippen molar-refractivity contribution in [2.45, 2.75) is 20.8 Å². The summed E-state index contributed by atoms with van der Waals surface area (Å²) < 4.78 is 0. The van der Waals surface area contributed by atoms with Crippen molar-refractivity contribution in [3.05, 3.63) is 58.7 Å². The standard InChI is InChI=1S/C16H18N2O/c1-10-7-11(2)9-13(8-10)18-16(19)14-6-4-5-12(3)15(14)17/h4-9H,17H2,1-3H3,(H,18,19). The van der Waals surface area contributed by atoms with Gasteiger partial charge < -0.3 is 11.1 Å². The molecule has 0 heterocycles. The quantitative estimate of drug-likeness (QED) is 0.806. The van der Waals surface area contributed by atoms with Crippen LogP contribution in [0.15, 0.2) is 36.4 Å². The van der Waals surface area contributed by atoms with Crippen LogP contribution >= 0.6 is 0 Å². The number of para-hydroxylation sites is 1. The molecule has 1 amide bonds. The first-order valence-electron chi connectivity index (χ1n) is 6.22. The first-order chi connectivity index (χ1) is 8.97. The lowest BCUT2D eigenvalue weighted by molar-refractivity contribution is 0.102. The maximum atomic E-state index is 12.2. The highest BCUT2D eigenvalue weighted by molar-refractivity contribution is 6.08. The fraction of sp³-hybridized carbons (Fsp3) is 0.188. The van der Waals surface area contributed by atoms with Gasteiger partial charge >= 0.3 is 0 Å².